The number of ketones is 1. The number of phosphoric ester groups is 1. The lowest BCUT2D eigenvalue weighted by molar-refractivity contribution is -0.870. The second kappa shape index (κ2) is 38.5. The molecular weight excluding hydrogens is 737 g/mol. The van der Waals surface area contributed by atoms with Gasteiger partial charge in [0.05, 0.1) is 27.7 Å². The van der Waals surface area contributed by atoms with Gasteiger partial charge in [0.25, 0.3) is 0 Å². The van der Waals surface area contributed by atoms with E-state index >= 15 is 0 Å². The fourth-order valence-electron chi connectivity index (χ4n) is 6.51. The zero-order chi connectivity index (χ0) is 42.3. The van der Waals surface area contributed by atoms with Crippen LogP contribution in [0, 0.1) is 29.6 Å². The van der Waals surface area contributed by atoms with Gasteiger partial charge in [-0.3, -0.25) is 18.6 Å². The van der Waals surface area contributed by atoms with E-state index < -0.39 is 26.5 Å². The van der Waals surface area contributed by atoms with Gasteiger partial charge < -0.3 is 19.2 Å². The fourth-order valence-corrected chi connectivity index (χ4v) is 7.39. The Kier molecular flexibility index (Phi) is 37.3. The number of nitrogens with zero attached hydrogens (tertiary/aromatic N) is 1. The van der Waals surface area contributed by atoms with Crippen LogP contribution in [0.15, 0.2) is 0 Å². The molecule has 0 saturated carbocycles. The smallest absolute Gasteiger partial charge is 0.463 e. The van der Waals surface area contributed by atoms with E-state index in [9.17, 15) is 24.2 Å². The van der Waals surface area contributed by atoms with Gasteiger partial charge in [0.2, 0.25) is 5.78 Å². The highest BCUT2D eigenvalue weighted by Crippen LogP contribution is 2.44. The second-order valence-corrected chi connectivity index (χ2v) is 18.4. The van der Waals surface area contributed by atoms with E-state index in [1.54, 1.807) is 0 Å². The summed E-state index contributed by atoms with van der Waals surface area (Å²) >= 11 is 0. The summed E-state index contributed by atoms with van der Waals surface area (Å²) in [6.45, 7) is 4.08. The number of aliphatic hydroxyl groups excluding tert-OH is 1. The number of likely N-dealkylation sites (N-methyl/N-ethyl adjacent to an activating group) is 1. The molecule has 0 fully saturated rings. The zero-order valence-corrected chi connectivity index (χ0v) is 38.3. The number of esters is 1. The third-order valence-corrected chi connectivity index (χ3v) is 11.3. The number of quaternary nitrogens is 1. The van der Waals surface area contributed by atoms with Gasteiger partial charge in [0.1, 0.15) is 25.9 Å². The largest absolute Gasteiger partial charge is 0.472 e. The Morgan fingerprint density at radius 3 is 1.60 bits per heavy atom. The van der Waals surface area contributed by atoms with Crippen LogP contribution in [-0.4, -0.2) is 79.8 Å². The number of carbonyl (C=O) groups is 2. The Labute approximate surface area is 350 Å². The molecule has 0 aliphatic heterocycles. The van der Waals surface area contributed by atoms with Crippen molar-refractivity contribution in [3.05, 3.63) is 0 Å². The minimum atomic E-state index is -4.37. The first-order valence-electron chi connectivity index (χ1n) is 23.1. The van der Waals surface area contributed by atoms with Crippen molar-refractivity contribution >= 4 is 19.6 Å². The summed E-state index contributed by atoms with van der Waals surface area (Å²) in [6.07, 6.45) is 32.5. The van der Waals surface area contributed by atoms with Gasteiger partial charge in [0, 0.05) is 31.6 Å². The molecule has 0 saturated heterocycles. The number of ether oxygens (including phenoxy) is 1. The number of carbonyl (C=O) groups excluding carboxylic acids is 2. The van der Waals surface area contributed by atoms with Crippen molar-refractivity contribution in [2.24, 2.45) is 5.92 Å². The van der Waals surface area contributed by atoms with Crippen LogP contribution in [0.2, 0.25) is 0 Å². The van der Waals surface area contributed by atoms with E-state index in [0.717, 1.165) is 109 Å². The standard InChI is InChI=1S/C47H86NO8P/c1-6-8-10-11-12-13-14-15-16-17-18-19-20-21-22-23-24-28-31-34-38-46(50)44(36-9-7-2)37-33-30-27-25-26-29-32-35-39-47(51)54-43-45(42-49)56-57(52,53)55-41-40-48(3,4)5/h44-45,49H,6-18,21-33,35-37,39-43H2,1-5H3/p+1/t44?,45-/m0/s1. The molecule has 10 heteroatoms. The van der Waals surface area contributed by atoms with Crippen molar-refractivity contribution in [2.75, 3.05) is 47.5 Å². The summed E-state index contributed by atoms with van der Waals surface area (Å²) < 4.78 is 27.8. The molecule has 0 spiro atoms. The third-order valence-electron chi connectivity index (χ3n) is 10.2. The molecule has 0 aromatic heterocycles. The summed E-state index contributed by atoms with van der Waals surface area (Å²) in [5.41, 5.74) is 0. The minimum absolute atomic E-state index is 0.0166. The Morgan fingerprint density at radius 1 is 0.632 bits per heavy atom. The van der Waals surface area contributed by atoms with Gasteiger partial charge in [0.15, 0.2) is 0 Å². The van der Waals surface area contributed by atoms with Crippen molar-refractivity contribution in [1.82, 2.24) is 0 Å². The molecule has 0 aliphatic carbocycles. The summed E-state index contributed by atoms with van der Waals surface area (Å²) in [4.78, 5) is 34.9. The molecule has 0 amide bonds. The molecule has 9 nitrogen and oxygen atoms in total. The fraction of sp³-hybridized carbons (Fsp3) is 0.872. The molecule has 0 aromatic rings. The molecule has 0 radical (unpaired) electrons. The molecule has 57 heavy (non-hydrogen) atoms. The Hall–Kier alpha value is -1.71. The maximum Gasteiger partial charge on any atom is 0.472 e. The van der Waals surface area contributed by atoms with Gasteiger partial charge in [-0.15, -0.1) is 11.8 Å². The van der Waals surface area contributed by atoms with Crippen molar-refractivity contribution in [3.63, 3.8) is 0 Å². The highest BCUT2D eigenvalue weighted by atomic mass is 31.2. The van der Waals surface area contributed by atoms with Gasteiger partial charge in [-0.05, 0) is 44.4 Å². The molecular formula is C47H87NO8P+. The van der Waals surface area contributed by atoms with E-state index in [4.69, 9.17) is 13.8 Å². The monoisotopic (exact) mass is 825 g/mol. The molecule has 332 valence electrons. The van der Waals surface area contributed by atoms with Gasteiger partial charge >= 0.3 is 13.8 Å². The van der Waals surface area contributed by atoms with E-state index in [1.807, 2.05) is 21.1 Å². The first kappa shape index (κ1) is 55.3. The van der Waals surface area contributed by atoms with Crippen LogP contribution in [-0.2, 0) is 27.9 Å². The van der Waals surface area contributed by atoms with Crippen LogP contribution in [0.25, 0.3) is 0 Å². The average Bonchev–Trinajstić information content (AvgIpc) is 3.16. The highest BCUT2D eigenvalue weighted by molar-refractivity contribution is 7.47. The van der Waals surface area contributed by atoms with E-state index in [1.165, 1.54) is 70.6 Å². The summed E-state index contributed by atoms with van der Waals surface area (Å²) in [5.74, 6) is 12.7. The lowest BCUT2D eigenvalue weighted by atomic mass is 9.91. The van der Waals surface area contributed by atoms with Crippen molar-refractivity contribution in [2.45, 2.75) is 213 Å². The molecule has 0 heterocycles. The first-order valence-corrected chi connectivity index (χ1v) is 24.6. The Morgan fingerprint density at radius 2 is 1.09 bits per heavy atom. The van der Waals surface area contributed by atoms with Crippen LogP contribution >= 0.6 is 7.82 Å². The summed E-state index contributed by atoms with van der Waals surface area (Å²) in [7, 11) is 1.41. The Balaban J connectivity index is 3.95. The van der Waals surface area contributed by atoms with Crippen molar-refractivity contribution < 1.29 is 42.4 Å². The van der Waals surface area contributed by atoms with E-state index in [2.05, 4.69) is 37.5 Å². The number of rotatable bonds is 39. The maximum absolute atomic E-state index is 12.9. The SMILES string of the molecule is CCCCCCCCCCCCC#CCCCCCCC#CC(=O)C(CCCC)CCCCCCCCCCC(=O)OC[C@H](CO)OP(=O)(O)OCC[N+](C)(C)C. The number of phosphoric acid groups is 1. The third kappa shape index (κ3) is 39.5. The van der Waals surface area contributed by atoms with Gasteiger partial charge in [-0.2, -0.15) is 0 Å². The molecule has 0 rings (SSSR count). The van der Waals surface area contributed by atoms with E-state index in [-0.39, 0.29) is 31.3 Å². The number of hydrogen-bond donors (Lipinski definition) is 2. The average molecular weight is 825 g/mol. The number of Topliss-reactive ketones (excluding diaryl/α,β-unsaturated/α-hetero) is 1. The van der Waals surface area contributed by atoms with Crippen LogP contribution < -0.4 is 0 Å². The predicted molar refractivity (Wildman–Crippen MR) is 236 cm³/mol. The number of aliphatic hydroxyl groups is 1. The van der Waals surface area contributed by atoms with Crippen LogP contribution in [0.4, 0.5) is 0 Å². The van der Waals surface area contributed by atoms with Crippen molar-refractivity contribution in [3.8, 4) is 23.7 Å². The van der Waals surface area contributed by atoms with Crippen molar-refractivity contribution in [1.29, 1.82) is 0 Å². The molecule has 0 aliphatic rings. The van der Waals surface area contributed by atoms with Gasteiger partial charge in [-0.1, -0.05) is 148 Å². The van der Waals surface area contributed by atoms with Crippen LogP contribution in [0.5, 0.6) is 0 Å². The lowest BCUT2D eigenvalue weighted by Gasteiger charge is -2.24. The van der Waals surface area contributed by atoms with Gasteiger partial charge in [-0.25, -0.2) is 4.57 Å². The molecule has 3 atom stereocenters. The predicted octanol–water partition coefficient (Wildman–Crippen LogP) is 11.7. The van der Waals surface area contributed by atoms with Crippen LogP contribution in [0.1, 0.15) is 206 Å². The summed E-state index contributed by atoms with van der Waals surface area (Å²) in [6, 6.07) is 0. The first-order chi connectivity index (χ1) is 27.4. The maximum atomic E-state index is 12.9. The quantitative estimate of drug-likeness (QED) is 0.0157. The van der Waals surface area contributed by atoms with Crippen LogP contribution in [0.3, 0.4) is 0 Å². The highest BCUT2D eigenvalue weighted by Gasteiger charge is 2.28. The molecule has 0 aromatic carbocycles. The summed E-state index contributed by atoms with van der Waals surface area (Å²) in [5, 5.41) is 9.48. The normalized spacial score (nSPS) is 13.5. The second-order valence-electron chi connectivity index (χ2n) is 17.0. The minimum Gasteiger partial charge on any atom is -0.463 e. The zero-order valence-electron chi connectivity index (χ0n) is 37.4. The molecule has 2 unspecified atom stereocenters. The number of hydrogen-bond acceptors (Lipinski definition) is 7. The topological polar surface area (TPSA) is 119 Å². The molecule has 2 N–H and O–H groups in total. The Bertz CT molecular complexity index is 1150. The lowest BCUT2D eigenvalue weighted by Crippen LogP contribution is -2.37. The number of unbranched alkanes of at least 4 members (excludes halogenated alkanes) is 23. The van der Waals surface area contributed by atoms with E-state index in [0.29, 0.717) is 17.4 Å². The molecule has 0 bridgehead atoms.